The zero-order valence-corrected chi connectivity index (χ0v) is 17.0. The third-order valence-corrected chi connectivity index (χ3v) is 5.75. The molecule has 1 unspecified atom stereocenters. The first-order chi connectivity index (χ1) is 13.0. The van der Waals surface area contributed by atoms with Crippen molar-refractivity contribution in [1.82, 2.24) is 14.5 Å². The van der Waals surface area contributed by atoms with E-state index in [4.69, 9.17) is 15.5 Å². The normalized spacial score (nSPS) is 18.7. The van der Waals surface area contributed by atoms with Gasteiger partial charge in [0.1, 0.15) is 11.6 Å². The number of rotatable bonds is 6. The van der Waals surface area contributed by atoms with Crippen LogP contribution in [-0.2, 0) is 11.3 Å². The second-order valence-corrected chi connectivity index (χ2v) is 7.39. The Labute approximate surface area is 166 Å². The number of carbonyl (C=O) groups excluding carboxylic acids is 1. The molecule has 7 heteroatoms. The number of hydrogen-bond acceptors (Lipinski definition) is 5. The summed E-state index contributed by atoms with van der Waals surface area (Å²) in [5.41, 5.74) is 7.81. The maximum atomic E-state index is 12.8. The summed E-state index contributed by atoms with van der Waals surface area (Å²) in [6.45, 7) is 5.62. The fourth-order valence-electron chi connectivity index (χ4n) is 3.65. The molecule has 146 valence electrons. The van der Waals surface area contributed by atoms with E-state index in [0.717, 1.165) is 29.3 Å². The van der Waals surface area contributed by atoms with Crippen LogP contribution in [0.1, 0.15) is 32.1 Å². The number of aromatic nitrogens is 2. The lowest BCUT2D eigenvalue weighted by molar-refractivity contribution is -0.137. The summed E-state index contributed by atoms with van der Waals surface area (Å²) in [7, 11) is 1.66. The highest BCUT2D eigenvalue weighted by atomic mass is 32.1. The predicted octanol–water partition coefficient (Wildman–Crippen LogP) is 2.75. The van der Waals surface area contributed by atoms with Crippen molar-refractivity contribution < 1.29 is 9.53 Å². The highest BCUT2D eigenvalue weighted by Crippen LogP contribution is 2.37. The van der Waals surface area contributed by atoms with Gasteiger partial charge < -0.3 is 19.9 Å². The van der Waals surface area contributed by atoms with Gasteiger partial charge in [-0.3, -0.25) is 4.79 Å². The average Bonchev–Trinajstić information content (AvgIpc) is 3.15. The maximum absolute atomic E-state index is 12.8. The SMILES string of the molecule is CCC(C)[C@H]1c2nc(-c3ccccc3OC)cn2CCN1C(=O)[C@H](N)CS. The third kappa shape index (κ3) is 3.71. The molecule has 1 aliphatic heterocycles. The molecular weight excluding hydrogens is 360 g/mol. The molecule has 0 radical (unpaired) electrons. The van der Waals surface area contributed by atoms with E-state index in [-0.39, 0.29) is 17.9 Å². The number of nitrogens with two attached hydrogens (primary N) is 1. The summed E-state index contributed by atoms with van der Waals surface area (Å²) >= 11 is 4.20. The Hall–Kier alpha value is -1.99. The van der Waals surface area contributed by atoms with E-state index in [2.05, 4.69) is 37.2 Å². The quantitative estimate of drug-likeness (QED) is 0.747. The second kappa shape index (κ2) is 8.35. The molecule has 2 aromatic rings. The molecule has 0 bridgehead atoms. The van der Waals surface area contributed by atoms with E-state index in [1.165, 1.54) is 0 Å². The highest BCUT2D eigenvalue weighted by molar-refractivity contribution is 7.80. The molecule has 0 fully saturated rings. The van der Waals surface area contributed by atoms with Crippen LogP contribution >= 0.6 is 12.6 Å². The van der Waals surface area contributed by atoms with E-state index in [9.17, 15) is 4.79 Å². The van der Waals surface area contributed by atoms with Crippen LogP contribution in [0, 0.1) is 5.92 Å². The van der Waals surface area contributed by atoms with Crippen molar-refractivity contribution in [1.29, 1.82) is 0 Å². The Bertz CT molecular complexity index is 807. The van der Waals surface area contributed by atoms with Crippen molar-refractivity contribution in [2.45, 2.75) is 38.9 Å². The zero-order chi connectivity index (χ0) is 19.6. The van der Waals surface area contributed by atoms with Gasteiger partial charge in [0.15, 0.2) is 0 Å². The average molecular weight is 389 g/mol. The van der Waals surface area contributed by atoms with Gasteiger partial charge >= 0.3 is 0 Å². The first-order valence-electron chi connectivity index (χ1n) is 9.39. The van der Waals surface area contributed by atoms with Crippen LogP contribution in [0.3, 0.4) is 0 Å². The van der Waals surface area contributed by atoms with Gasteiger partial charge in [-0.2, -0.15) is 12.6 Å². The lowest BCUT2D eigenvalue weighted by Crippen LogP contribution is -2.51. The monoisotopic (exact) mass is 388 g/mol. The molecule has 27 heavy (non-hydrogen) atoms. The van der Waals surface area contributed by atoms with Crippen molar-refractivity contribution >= 4 is 18.5 Å². The molecule has 0 aliphatic carbocycles. The lowest BCUT2D eigenvalue weighted by Gasteiger charge is -2.40. The molecule has 6 nitrogen and oxygen atoms in total. The summed E-state index contributed by atoms with van der Waals surface area (Å²) in [6.07, 6.45) is 3.00. The number of methoxy groups -OCH3 is 1. The molecular formula is C20H28N4O2S. The molecule has 1 aliphatic rings. The Morgan fingerprint density at radius 3 is 2.81 bits per heavy atom. The number of para-hydroxylation sites is 1. The molecule has 3 rings (SSSR count). The number of fused-ring (bicyclic) bond motifs is 1. The van der Waals surface area contributed by atoms with Crippen molar-refractivity contribution in [3.8, 4) is 17.0 Å². The van der Waals surface area contributed by atoms with Crippen LogP contribution in [0.4, 0.5) is 0 Å². The van der Waals surface area contributed by atoms with Crippen LogP contribution < -0.4 is 10.5 Å². The van der Waals surface area contributed by atoms with E-state index in [1.807, 2.05) is 29.2 Å². The first kappa shape index (κ1) is 19.8. The standard InChI is InChI=1S/C20H28N4O2S/c1-4-13(2)18-19-22-16(14-7-5-6-8-17(14)26-3)11-23(19)9-10-24(18)20(25)15(21)12-27/h5-8,11,13,15,18,27H,4,9-10,12,21H2,1-3H3/t13?,15-,18+/m1/s1. The molecule has 0 saturated carbocycles. The first-order valence-corrected chi connectivity index (χ1v) is 10.0. The lowest BCUT2D eigenvalue weighted by atomic mass is 9.94. The molecule has 0 spiro atoms. The molecule has 1 aromatic carbocycles. The highest BCUT2D eigenvalue weighted by Gasteiger charge is 2.37. The minimum Gasteiger partial charge on any atom is -0.496 e. The molecule has 1 aromatic heterocycles. The van der Waals surface area contributed by atoms with E-state index in [0.29, 0.717) is 18.8 Å². The minimum absolute atomic E-state index is 0.0524. The second-order valence-electron chi connectivity index (χ2n) is 7.03. The number of hydrogen-bond donors (Lipinski definition) is 2. The van der Waals surface area contributed by atoms with Gasteiger partial charge in [0.25, 0.3) is 0 Å². The number of carbonyl (C=O) groups is 1. The Balaban J connectivity index is 2.03. The number of nitrogens with zero attached hydrogens (tertiary/aromatic N) is 3. The Morgan fingerprint density at radius 1 is 1.41 bits per heavy atom. The van der Waals surface area contributed by atoms with Gasteiger partial charge in [0, 0.05) is 30.6 Å². The summed E-state index contributed by atoms with van der Waals surface area (Å²) in [6, 6.07) is 7.18. The summed E-state index contributed by atoms with van der Waals surface area (Å²) in [5, 5.41) is 0. The summed E-state index contributed by atoms with van der Waals surface area (Å²) < 4.78 is 7.66. The van der Waals surface area contributed by atoms with E-state index in [1.54, 1.807) is 7.11 Å². The van der Waals surface area contributed by atoms with Crippen LogP contribution in [0.25, 0.3) is 11.3 Å². The van der Waals surface area contributed by atoms with Gasteiger partial charge in [-0.1, -0.05) is 32.4 Å². The third-order valence-electron chi connectivity index (χ3n) is 5.35. The largest absolute Gasteiger partial charge is 0.496 e. The maximum Gasteiger partial charge on any atom is 0.241 e. The van der Waals surface area contributed by atoms with Gasteiger partial charge in [0.2, 0.25) is 5.91 Å². The topological polar surface area (TPSA) is 73.4 Å². The molecule has 2 N–H and O–H groups in total. The zero-order valence-electron chi connectivity index (χ0n) is 16.1. The molecule has 1 amide bonds. The molecule has 0 saturated heterocycles. The van der Waals surface area contributed by atoms with Crippen LogP contribution in [-0.4, -0.2) is 45.8 Å². The fraction of sp³-hybridized carbons (Fsp3) is 0.500. The van der Waals surface area contributed by atoms with Crippen molar-refractivity contribution in [3.63, 3.8) is 0 Å². The van der Waals surface area contributed by atoms with Crippen LogP contribution in [0.5, 0.6) is 5.75 Å². The fourth-order valence-corrected chi connectivity index (χ4v) is 3.80. The number of ether oxygens (including phenoxy) is 1. The Kier molecular flexibility index (Phi) is 6.11. The van der Waals surface area contributed by atoms with Gasteiger partial charge in [0.05, 0.1) is 24.9 Å². The molecule has 3 atom stereocenters. The van der Waals surface area contributed by atoms with Crippen molar-refractivity contribution in [2.75, 3.05) is 19.4 Å². The predicted molar refractivity (Wildman–Crippen MR) is 110 cm³/mol. The molecule has 2 heterocycles. The number of imidazole rings is 1. The summed E-state index contributed by atoms with van der Waals surface area (Å²) in [4.78, 5) is 19.7. The van der Waals surface area contributed by atoms with Crippen LogP contribution in [0.2, 0.25) is 0 Å². The van der Waals surface area contributed by atoms with Crippen molar-refractivity contribution in [2.24, 2.45) is 11.7 Å². The summed E-state index contributed by atoms with van der Waals surface area (Å²) in [5.74, 6) is 2.26. The van der Waals surface area contributed by atoms with E-state index < -0.39 is 6.04 Å². The van der Waals surface area contributed by atoms with E-state index >= 15 is 0 Å². The van der Waals surface area contributed by atoms with Gasteiger partial charge in [-0.05, 0) is 18.1 Å². The van der Waals surface area contributed by atoms with Gasteiger partial charge in [-0.15, -0.1) is 0 Å². The number of thiol groups is 1. The Morgan fingerprint density at radius 2 is 2.15 bits per heavy atom. The van der Waals surface area contributed by atoms with Crippen molar-refractivity contribution in [3.05, 3.63) is 36.3 Å². The van der Waals surface area contributed by atoms with Crippen LogP contribution in [0.15, 0.2) is 30.5 Å². The minimum atomic E-state index is -0.588. The smallest absolute Gasteiger partial charge is 0.241 e. The van der Waals surface area contributed by atoms with Gasteiger partial charge in [-0.25, -0.2) is 4.98 Å². The number of amides is 1. The number of benzene rings is 1.